The number of hydrogen-bond acceptors (Lipinski definition) is 5. The van der Waals surface area contributed by atoms with Gasteiger partial charge in [0.1, 0.15) is 5.75 Å². The summed E-state index contributed by atoms with van der Waals surface area (Å²) in [5, 5.41) is 21.4. The average Bonchev–Trinajstić information content (AvgIpc) is 3.04. The molecular weight excluding hydrogens is 378 g/mol. The van der Waals surface area contributed by atoms with E-state index in [1.165, 1.54) is 0 Å². The largest absolute Gasteiger partial charge is 0.508 e. The first-order valence-electron chi connectivity index (χ1n) is 10.2. The average molecular weight is 408 g/mol. The van der Waals surface area contributed by atoms with E-state index < -0.39 is 0 Å². The number of phenolic OH excluding ortho intramolecular Hbond substituents is 1. The molecule has 0 radical (unpaired) electrons. The highest BCUT2D eigenvalue weighted by Gasteiger charge is 2.41. The molecule has 0 atom stereocenters. The van der Waals surface area contributed by atoms with Crippen molar-refractivity contribution in [3.63, 3.8) is 0 Å². The Hall–Kier alpha value is -2.93. The second-order valence-corrected chi connectivity index (χ2v) is 9.54. The highest BCUT2D eigenvalue weighted by Crippen LogP contribution is 2.32. The number of aromatic amines is 1. The summed E-state index contributed by atoms with van der Waals surface area (Å²) in [5.74, 6) is 0.179. The lowest BCUT2D eigenvalue weighted by Gasteiger charge is -2.49. The number of carbonyl (C=O) groups excluding carboxylic acids is 1. The number of amides is 1. The van der Waals surface area contributed by atoms with Gasteiger partial charge in [0.25, 0.3) is 5.91 Å². The number of nitrogens with one attached hydrogen (secondary N) is 2. The maximum Gasteiger partial charge on any atom is 0.255 e. The highest BCUT2D eigenvalue weighted by molar-refractivity contribution is 6.07. The van der Waals surface area contributed by atoms with E-state index in [0.29, 0.717) is 30.0 Å². The number of H-pyrrole nitrogens is 1. The number of benzene rings is 1. The van der Waals surface area contributed by atoms with E-state index in [1.807, 2.05) is 30.9 Å². The molecule has 4 rings (SSSR count). The van der Waals surface area contributed by atoms with Gasteiger partial charge in [0.2, 0.25) is 0 Å². The molecule has 2 aromatic heterocycles. The lowest BCUT2D eigenvalue weighted by Crippen LogP contribution is -2.67. The summed E-state index contributed by atoms with van der Waals surface area (Å²) < 4.78 is 0. The topological polar surface area (TPSA) is 94.1 Å². The minimum absolute atomic E-state index is 0.0239. The Balaban J connectivity index is 1.89. The van der Waals surface area contributed by atoms with Crippen molar-refractivity contribution in [2.75, 3.05) is 13.1 Å². The van der Waals surface area contributed by atoms with Crippen LogP contribution in [-0.4, -0.2) is 55.3 Å². The second kappa shape index (κ2) is 6.80. The minimum atomic E-state index is -0.325. The molecule has 0 spiro atoms. The van der Waals surface area contributed by atoms with E-state index in [9.17, 15) is 9.90 Å². The zero-order valence-corrected chi connectivity index (χ0v) is 18.4. The fraction of sp³-hybridized carbons (Fsp3) is 0.435. The summed E-state index contributed by atoms with van der Waals surface area (Å²) in [7, 11) is 0. The van der Waals surface area contributed by atoms with Crippen LogP contribution in [0.4, 0.5) is 0 Å². The molecule has 0 unspecified atom stereocenters. The Morgan fingerprint density at radius 1 is 1.17 bits per heavy atom. The predicted octanol–water partition coefficient (Wildman–Crippen LogP) is 3.55. The number of pyridine rings is 1. The maximum absolute atomic E-state index is 13.9. The van der Waals surface area contributed by atoms with Crippen LogP contribution < -0.4 is 5.32 Å². The van der Waals surface area contributed by atoms with Crippen molar-refractivity contribution >= 4 is 16.9 Å². The first-order chi connectivity index (χ1) is 14.0. The van der Waals surface area contributed by atoms with E-state index in [0.717, 1.165) is 22.2 Å². The number of aromatic hydroxyl groups is 1. The van der Waals surface area contributed by atoms with Gasteiger partial charge in [0.15, 0.2) is 5.65 Å². The molecule has 1 amide bonds. The van der Waals surface area contributed by atoms with Gasteiger partial charge in [-0.3, -0.25) is 9.89 Å². The smallest absolute Gasteiger partial charge is 0.255 e. The predicted molar refractivity (Wildman–Crippen MR) is 118 cm³/mol. The number of fused-ring (bicyclic) bond motifs is 1. The third-order valence-electron chi connectivity index (χ3n) is 5.95. The molecule has 1 saturated heterocycles. The van der Waals surface area contributed by atoms with Gasteiger partial charge in [-0.1, -0.05) is 0 Å². The Labute approximate surface area is 176 Å². The van der Waals surface area contributed by atoms with Crippen LogP contribution in [0.1, 0.15) is 49.3 Å². The fourth-order valence-electron chi connectivity index (χ4n) is 4.13. The van der Waals surface area contributed by atoms with Crippen molar-refractivity contribution in [3.05, 3.63) is 41.1 Å². The fourth-order valence-corrected chi connectivity index (χ4v) is 4.13. The monoisotopic (exact) mass is 407 g/mol. The van der Waals surface area contributed by atoms with Crippen LogP contribution in [0, 0.1) is 13.8 Å². The lowest BCUT2D eigenvalue weighted by molar-refractivity contribution is 0.0283. The molecule has 1 aliphatic heterocycles. The van der Waals surface area contributed by atoms with E-state index in [1.54, 1.807) is 12.1 Å². The molecule has 0 saturated carbocycles. The molecule has 3 N–H and O–H groups in total. The van der Waals surface area contributed by atoms with Gasteiger partial charge in [-0.2, -0.15) is 5.10 Å². The van der Waals surface area contributed by atoms with Crippen molar-refractivity contribution in [1.82, 2.24) is 25.4 Å². The number of hydrogen-bond donors (Lipinski definition) is 3. The van der Waals surface area contributed by atoms with Crippen molar-refractivity contribution in [2.45, 2.75) is 52.6 Å². The van der Waals surface area contributed by atoms with Crippen LogP contribution in [0.2, 0.25) is 0 Å². The van der Waals surface area contributed by atoms with Gasteiger partial charge in [-0.25, -0.2) is 4.98 Å². The van der Waals surface area contributed by atoms with Crippen LogP contribution in [0.15, 0.2) is 24.3 Å². The summed E-state index contributed by atoms with van der Waals surface area (Å²) in [5.41, 5.74) is 3.87. The number of phenols is 1. The van der Waals surface area contributed by atoms with E-state index in [2.05, 4.69) is 43.2 Å². The number of rotatable bonds is 2. The minimum Gasteiger partial charge on any atom is -0.508 e. The molecule has 158 valence electrons. The van der Waals surface area contributed by atoms with Crippen molar-refractivity contribution in [2.24, 2.45) is 0 Å². The molecule has 7 heteroatoms. The molecule has 30 heavy (non-hydrogen) atoms. The lowest BCUT2D eigenvalue weighted by atomic mass is 9.90. The van der Waals surface area contributed by atoms with Gasteiger partial charge in [-0.15, -0.1) is 0 Å². The summed E-state index contributed by atoms with van der Waals surface area (Å²) in [6.45, 7) is 13.5. The Morgan fingerprint density at radius 2 is 1.90 bits per heavy atom. The normalized spacial score (nSPS) is 18.0. The molecule has 1 aromatic carbocycles. The highest BCUT2D eigenvalue weighted by atomic mass is 16.3. The molecule has 3 aromatic rings. The molecular formula is C23H29N5O2. The number of piperazine rings is 1. The van der Waals surface area contributed by atoms with Crippen LogP contribution in [-0.2, 0) is 0 Å². The molecule has 1 fully saturated rings. The van der Waals surface area contributed by atoms with Crippen LogP contribution in [0.25, 0.3) is 22.3 Å². The van der Waals surface area contributed by atoms with E-state index >= 15 is 0 Å². The summed E-state index contributed by atoms with van der Waals surface area (Å²) >= 11 is 0. The Morgan fingerprint density at radius 3 is 2.60 bits per heavy atom. The SMILES string of the molecule is Cc1cc(O)ccc1-c1cc(C(=O)N2CC(C)(C)NCC2(C)C)c2c(C)[nH]nc2n1. The van der Waals surface area contributed by atoms with Crippen LogP contribution in [0.5, 0.6) is 5.75 Å². The third kappa shape index (κ3) is 3.43. The molecule has 0 aliphatic carbocycles. The zero-order chi connectivity index (χ0) is 21.8. The van der Waals surface area contributed by atoms with Crippen LogP contribution in [0.3, 0.4) is 0 Å². The first kappa shape index (κ1) is 20.3. The van der Waals surface area contributed by atoms with Gasteiger partial charge < -0.3 is 15.3 Å². The van der Waals surface area contributed by atoms with Crippen LogP contribution >= 0.6 is 0 Å². The van der Waals surface area contributed by atoms with Gasteiger partial charge >= 0.3 is 0 Å². The number of carbonyl (C=O) groups is 1. The van der Waals surface area contributed by atoms with E-state index in [4.69, 9.17) is 4.98 Å². The van der Waals surface area contributed by atoms with Crippen molar-refractivity contribution < 1.29 is 9.90 Å². The first-order valence-corrected chi connectivity index (χ1v) is 10.2. The molecule has 1 aliphatic rings. The zero-order valence-electron chi connectivity index (χ0n) is 18.4. The summed E-state index contributed by atoms with van der Waals surface area (Å²) in [6, 6.07) is 7.01. The quantitative estimate of drug-likeness (QED) is 0.604. The Kier molecular flexibility index (Phi) is 4.62. The molecule has 3 heterocycles. The number of aromatic nitrogens is 3. The van der Waals surface area contributed by atoms with Gasteiger partial charge in [0.05, 0.1) is 22.2 Å². The Bertz CT molecular complexity index is 1150. The second-order valence-electron chi connectivity index (χ2n) is 9.54. The standard InChI is InChI=1S/C23H29N5O2/c1-13-9-15(29)7-8-16(13)18-10-17(19-14(2)26-27-20(19)25-18)21(30)28-12-22(3,4)24-11-23(28,5)6/h7-10,24,29H,11-12H2,1-6H3,(H,25,26,27). The third-order valence-corrected chi connectivity index (χ3v) is 5.95. The summed E-state index contributed by atoms with van der Waals surface area (Å²) in [6.07, 6.45) is 0. The van der Waals surface area contributed by atoms with Gasteiger partial charge in [-0.05, 0) is 71.4 Å². The number of aryl methyl sites for hydroxylation is 2. The van der Waals surface area contributed by atoms with E-state index in [-0.39, 0.29) is 22.7 Å². The number of nitrogens with zero attached hydrogens (tertiary/aromatic N) is 3. The van der Waals surface area contributed by atoms with Crippen molar-refractivity contribution in [1.29, 1.82) is 0 Å². The summed E-state index contributed by atoms with van der Waals surface area (Å²) in [4.78, 5) is 20.5. The maximum atomic E-state index is 13.9. The molecule has 7 nitrogen and oxygen atoms in total. The van der Waals surface area contributed by atoms with Gasteiger partial charge in [0, 0.05) is 29.9 Å². The van der Waals surface area contributed by atoms with Crippen molar-refractivity contribution in [3.8, 4) is 17.0 Å². The molecule has 0 bridgehead atoms.